The van der Waals surface area contributed by atoms with Crippen LogP contribution in [-0.4, -0.2) is 62.3 Å². The molecule has 0 saturated carbocycles. The molecule has 5 rings (SSSR count). The van der Waals surface area contributed by atoms with Gasteiger partial charge in [0, 0.05) is 48.6 Å². The van der Waals surface area contributed by atoms with Crippen LogP contribution in [0.2, 0.25) is 5.02 Å². The van der Waals surface area contributed by atoms with Gasteiger partial charge < -0.3 is 9.80 Å². The number of rotatable bonds is 7. The lowest BCUT2D eigenvalue weighted by atomic mass is 10.0. The monoisotopic (exact) mass is 588 g/mol. The molecular weight excluding hydrogens is 559 g/mol. The van der Waals surface area contributed by atoms with Crippen molar-refractivity contribution in [2.24, 2.45) is 0 Å². The van der Waals surface area contributed by atoms with Crippen molar-refractivity contribution in [3.8, 4) is 16.9 Å². The molecule has 1 fully saturated rings. The van der Waals surface area contributed by atoms with Gasteiger partial charge in [0.15, 0.2) is 11.9 Å². The first-order valence-corrected chi connectivity index (χ1v) is 14.0. The van der Waals surface area contributed by atoms with Crippen molar-refractivity contribution in [2.45, 2.75) is 39.4 Å². The van der Waals surface area contributed by atoms with Crippen LogP contribution in [0.4, 0.5) is 10.2 Å². The third-order valence-electron chi connectivity index (χ3n) is 7.48. The third-order valence-corrected chi connectivity index (χ3v) is 7.77. The summed E-state index contributed by atoms with van der Waals surface area (Å²) in [7, 11) is 0. The number of carbonyl (C=O) groups is 2. The predicted molar refractivity (Wildman–Crippen MR) is 161 cm³/mol. The molecule has 1 aliphatic rings. The molecule has 4 aromatic rings. The third kappa shape index (κ3) is 5.07. The van der Waals surface area contributed by atoms with E-state index in [0.29, 0.717) is 59.6 Å². The van der Waals surface area contributed by atoms with Crippen LogP contribution in [0.15, 0.2) is 60.0 Å². The number of fused-ring (bicyclic) bond motifs is 1. The van der Waals surface area contributed by atoms with Gasteiger partial charge in [-0.3, -0.25) is 14.6 Å². The van der Waals surface area contributed by atoms with E-state index in [1.807, 2.05) is 25.7 Å². The molecule has 0 unspecified atom stereocenters. The van der Waals surface area contributed by atoms with Gasteiger partial charge in [0.2, 0.25) is 5.91 Å². The molecule has 1 atom stereocenters. The zero-order valence-electron chi connectivity index (χ0n) is 23.6. The standard InChI is InChI=1S/C31H30ClFN6O3/c1-5-25(41)37-12-13-38(19(4)16-37)29-23-14-24(32)27(22-9-7-6-8-21(22)17-40)35-30(23)39(31(42)36-29)28-20(15-33)10-11-34-26(28)18(2)3/h5-11,14,17-19H,1,12-13,15-16H2,2-4H3/t19-/m0/s1. The molecule has 1 aromatic carbocycles. The predicted octanol–water partition coefficient (Wildman–Crippen LogP) is 5.12. The Labute approximate surface area is 247 Å². The van der Waals surface area contributed by atoms with Crippen molar-refractivity contribution >= 4 is 40.6 Å². The molecule has 0 spiro atoms. The maximum Gasteiger partial charge on any atom is 0.355 e. The number of piperazine rings is 1. The van der Waals surface area contributed by atoms with Gasteiger partial charge in [-0.2, -0.15) is 4.98 Å². The lowest BCUT2D eigenvalue weighted by molar-refractivity contribution is -0.126. The first-order valence-electron chi connectivity index (χ1n) is 13.6. The summed E-state index contributed by atoms with van der Waals surface area (Å²) in [5.74, 6) is 0.0338. The number of hydrogen-bond donors (Lipinski definition) is 0. The van der Waals surface area contributed by atoms with Crippen LogP contribution >= 0.6 is 11.6 Å². The van der Waals surface area contributed by atoms with Crippen LogP contribution in [0.3, 0.4) is 0 Å². The number of halogens is 2. The number of anilines is 1. The van der Waals surface area contributed by atoms with Crippen LogP contribution in [0, 0.1) is 0 Å². The van der Waals surface area contributed by atoms with Gasteiger partial charge >= 0.3 is 5.69 Å². The fourth-order valence-electron chi connectivity index (χ4n) is 5.43. The van der Waals surface area contributed by atoms with Crippen molar-refractivity contribution < 1.29 is 14.0 Å². The average Bonchev–Trinajstić information content (AvgIpc) is 2.99. The summed E-state index contributed by atoms with van der Waals surface area (Å²) in [6, 6.07) is 9.88. The summed E-state index contributed by atoms with van der Waals surface area (Å²) >= 11 is 6.83. The topological polar surface area (TPSA) is 101 Å². The van der Waals surface area contributed by atoms with Gasteiger partial charge in [-0.05, 0) is 31.1 Å². The van der Waals surface area contributed by atoms with Crippen molar-refractivity contribution in [3.05, 3.63) is 87.6 Å². The van der Waals surface area contributed by atoms with E-state index in [-0.39, 0.29) is 39.8 Å². The number of benzene rings is 1. The van der Waals surface area contributed by atoms with Gasteiger partial charge in [-0.15, -0.1) is 0 Å². The second-order valence-electron chi connectivity index (χ2n) is 10.5. The molecule has 3 aromatic heterocycles. The zero-order valence-corrected chi connectivity index (χ0v) is 24.3. The molecule has 216 valence electrons. The van der Waals surface area contributed by atoms with Gasteiger partial charge in [-0.25, -0.2) is 18.7 Å². The van der Waals surface area contributed by atoms with Crippen LogP contribution in [0.5, 0.6) is 0 Å². The van der Waals surface area contributed by atoms with E-state index >= 15 is 0 Å². The van der Waals surface area contributed by atoms with Crippen molar-refractivity contribution in [1.82, 2.24) is 24.4 Å². The fraction of sp³-hybridized carbons (Fsp3) is 0.290. The number of alkyl halides is 1. The second kappa shape index (κ2) is 11.8. The first-order chi connectivity index (χ1) is 20.2. The lowest BCUT2D eigenvalue weighted by Crippen LogP contribution is -2.54. The summed E-state index contributed by atoms with van der Waals surface area (Å²) in [6.07, 6.45) is 3.51. The zero-order chi connectivity index (χ0) is 30.1. The molecule has 1 saturated heterocycles. The minimum Gasteiger partial charge on any atom is -0.350 e. The summed E-state index contributed by atoms with van der Waals surface area (Å²) in [6.45, 7) is 9.70. The highest BCUT2D eigenvalue weighted by Gasteiger charge is 2.30. The van der Waals surface area contributed by atoms with E-state index in [1.54, 1.807) is 35.2 Å². The molecule has 4 heterocycles. The van der Waals surface area contributed by atoms with Crippen LogP contribution in [0.1, 0.15) is 48.3 Å². The smallest absolute Gasteiger partial charge is 0.350 e. The second-order valence-corrected chi connectivity index (χ2v) is 10.9. The maximum absolute atomic E-state index is 14.4. The van der Waals surface area contributed by atoms with Crippen molar-refractivity contribution in [2.75, 3.05) is 24.5 Å². The Hall–Kier alpha value is -4.44. The largest absolute Gasteiger partial charge is 0.355 e. The number of aromatic nitrogens is 4. The van der Waals surface area contributed by atoms with Gasteiger partial charge in [0.05, 0.1) is 27.5 Å². The molecular formula is C31H30ClFN6O3. The number of aldehydes is 1. The lowest BCUT2D eigenvalue weighted by Gasteiger charge is -2.40. The Bertz CT molecular complexity index is 1770. The minimum atomic E-state index is -0.835. The van der Waals surface area contributed by atoms with E-state index in [1.165, 1.54) is 22.9 Å². The summed E-state index contributed by atoms with van der Waals surface area (Å²) in [5, 5.41) is 0.713. The van der Waals surface area contributed by atoms with E-state index < -0.39 is 12.4 Å². The SMILES string of the molecule is C=CC(=O)N1CCN(c2nc(=O)n(-c3c(CF)ccnc3C(C)C)c3nc(-c4ccccc4C=O)c(Cl)cc23)[C@@H](C)C1. The Morgan fingerprint density at radius 2 is 1.98 bits per heavy atom. The molecule has 0 radical (unpaired) electrons. The molecule has 9 nitrogen and oxygen atoms in total. The van der Waals surface area contributed by atoms with E-state index in [2.05, 4.69) is 16.5 Å². The molecule has 42 heavy (non-hydrogen) atoms. The van der Waals surface area contributed by atoms with Gasteiger partial charge in [0.1, 0.15) is 12.5 Å². The molecule has 0 aliphatic carbocycles. The normalized spacial score (nSPS) is 15.3. The summed E-state index contributed by atoms with van der Waals surface area (Å²) in [5.41, 5.74) is 1.76. The van der Waals surface area contributed by atoms with Crippen LogP contribution in [-0.2, 0) is 11.5 Å². The van der Waals surface area contributed by atoms with Crippen molar-refractivity contribution in [3.63, 3.8) is 0 Å². The fourth-order valence-corrected chi connectivity index (χ4v) is 5.69. The highest BCUT2D eigenvalue weighted by molar-refractivity contribution is 6.34. The summed E-state index contributed by atoms with van der Waals surface area (Å²) in [4.78, 5) is 55.6. The highest BCUT2D eigenvalue weighted by Crippen LogP contribution is 2.36. The Kier molecular flexibility index (Phi) is 8.17. The number of pyridine rings is 2. The summed E-state index contributed by atoms with van der Waals surface area (Å²) < 4.78 is 15.7. The molecule has 0 N–H and O–H groups in total. The Balaban J connectivity index is 1.84. The van der Waals surface area contributed by atoms with Crippen LogP contribution < -0.4 is 10.6 Å². The first kappa shape index (κ1) is 29.1. The minimum absolute atomic E-state index is 0.147. The number of hydrogen-bond acceptors (Lipinski definition) is 7. The van der Waals surface area contributed by atoms with E-state index in [4.69, 9.17) is 16.6 Å². The number of nitrogens with zero attached hydrogens (tertiary/aromatic N) is 6. The van der Waals surface area contributed by atoms with Crippen molar-refractivity contribution in [1.29, 1.82) is 0 Å². The van der Waals surface area contributed by atoms with E-state index in [9.17, 15) is 18.8 Å². The average molecular weight is 589 g/mol. The molecule has 1 aliphatic heterocycles. The molecule has 0 bridgehead atoms. The number of amides is 1. The van der Waals surface area contributed by atoms with Gasteiger partial charge in [-0.1, -0.05) is 56.3 Å². The number of carbonyl (C=O) groups excluding carboxylic acids is 2. The Morgan fingerprint density at radius 1 is 1.21 bits per heavy atom. The quantitative estimate of drug-likeness (QED) is 0.218. The molecule has 1 amide bonds. The van der Waals surface area contributed by atoms with Crippen LogP contribution in [0.25, 0.3) is 28.0 Å². The molecule has 11 heteroatoms. The maximum atomic E-state index is 14.4. The highest BCUT2D eigenvalue weighted by atomic mass is 35.5. The van der Waals surface area contributed by atoms with Gasteiger partial charge in [0.25, 0.3) is 0 Å². The Morgan fingerprint density at radius 3 is 2.64 bits per heavy atom. The van der Waals surface area contributed by atoms with E-state index in [0.717, 1.165) is 0 Å².